The van der Waals surface area contributed by atoms with E-state index in [9.17, 15) is 4.79 Å². The molecule has 1 rings (SSSR count). The van der Waals surface area contributed by atoms with Crippen LogP contribution in [-0.2, 0) is 6.54 Å². The minimum atomic E-state index is -0.0582. The van der Waals surface area contributed by atoms with Crippen molar-refractivity contribution in [3.63, 3.8) is 0 Å². The Morgan fingerprint density at radius 3 is 2.62 bits per heavy atom. The number of pyridine rings is 1. The second-order valence-electron chi connectivity index (χ2n) is 3.60. The Balaban J connectivity index is 2.71. The summed E-state index contributed by atoms with van der Waals surface area (Å²) < 4.78 is 6.69. The van der Waals surface area contributed by atoms with E-state index in [-0.39, 0.29) is 5.56 Å². The van der Waals surface area contributed by atoms with Crippen LogP contribution in [0.2, 0.25) is 0 Å². The Hall–Kier alpha value is -1.29. The third-order valence-electron chi connectivity index (χ3n) is 2.76. The molecule has 4 heteroatoms. The Kier molecular flexibility index (Phi) is 5.05. The van der Waals surface area contributed by atoms with Crippen LogP contribution < -0.4 is 10.3 Å². The van der Waals surface area contributed by atoms with E-state index in [1.54, 1.807) is 16.8 Å². The fourth-order valence-electron chi connectivity index (χ4n) is 1.64. The van der Waals surface area contributed by atoms with Crippen molar-refractivity contribution in [2.75, 3.05) is 26.7 Å². The Labute approximate surface area is 96.5 Å². The molecule has 0 atom stereocenters. The van der Waals surface area contributed by atoms with Gasteiger partial charge in [0.25, 0.3) is 5.56 Å². The number of methoxy groups -OCH3 is 1. The zero-order valence-corrected chi connectivity index (χ0v) is 10.3. The van der Waals surface area contributed by atoms with Gasteiger partial charge in [-0.2, -0.15) is 0 Å². The van der Waals surface area contributed by atoms with Crippen molar-refractivity contribution in [1.29, 1.82) is 0 Å². The third-order valence-corrected chi connectivity index (χ3v) is 2.76. The fraction of sp³-hybridized carbons (Fsp3) is 0.583. The molecule has 0 saturated heterocycles. The molecule has 1 aromatic heterocycles. The first-order valence-corrected chi connectivity index (χ1v) is 5.68. The Morgan fingerprint density at radius 1 is 1.38 bits per heavy atom. The zero-order valence-electron chi connectivity index (χ0n) is 10.3. The van der Waals surface area contributed by atoms with Crippen molar-refractivity contribution in [2.24, 2.45) is 0 Å². The summed E-state index contributed by atoms with van der Waals surface area (Å²) in [7, 11) is 1.52. The van der Waals surface area contributed by atoms with Gasteiger partial charge >= 0.3 is 0 Å². The molecule has 1 aromatic rings. The number of rotatable bonds is 6. The lowest BCUT2D eigenvalue weighted by Crippen LogP contribution is -2.30. The van der Waals surface area contributed by atoms with Gasteiger partial charge in [-0.1, -0.05) is 13.8 Å². The smallest absolute Gasteiger partial charge is 0.292 e. The van der Waals surface area contributed by atoms with Crippen LogP contribution in [0.5, 0.6) is 5.75 Å². The van der Waals surface area contributed by atoms with Gasteiger partial charge in [0, 0.05) is 19.3 Å². The number of hydrogen-bond acceptors (Lipinski definition) is 3. The van der Waals surface area contributed by atoms with Gasteiger partial charge in [0.2, 0.25) is 0 Å². The minimum Gasteiger partial charge on any atom is -0.491 e. The molecule has 1 heterocycles. The van der Waals surface area contributed by atoms with Crippen LogP contribution in [0.15, 0.2) is 23.1 Å². The molecule has 4 nitrogen and oxygen atoms in total. The molecule has 0 radical (unpaired) electrons. The lowest BCUT2D eigenvalue weighted by atomic mass is 10.4. The second kappa shape index (κ2) is 6.33. The van der Waals surface area contributed by atoms with E-state index in [2.05, 4.69) is 18.7 Å². The number of aromatic nitrogens is 1. The molecule has 0 bridgehead atoms. The van der Waals surface area contributed by atoms with Crippen molar-refractivity contribution in [1.82, 2.24) is 9.47 Å². The summed E-state index contributed by atoms with van der Waals surface area (Å²) in [6, 6.07) is 3.53. The van der Waals surface area contributed by atoms with Crippen LogP contribution in [-0.4, -0.2) is 36.2 Å². The average Bonchev–Trinajstić information content (AvgIpc) is 2.32. The summed E-state index contributed by atoms with van der Waals surface area (Å²) in [5.41, 5.74) is -0.0582. The molecule has 90 valence electrons. The highest BCUT2D eigenvalue weighted by Crippen LogP contribution is 2.00. The quantitative estimate of drug-likeness (QED) is 0.728. The Morgan fingerprint density at radius 2 is 2.06 bits per heavy atom. The lowest BCUT2D eigenvalue weighted by Gasteiger charge is -2.18. The predicted molar refractivity (Wildman–Crippen MR) is 65.0 cm³/mol. The van der Waals surface area contributed by atoms with Crippen molar-refractivity contribution in [3.05, 3.63) is 28.7 Å². The maximum Gasteiger partial charge on any atom is 0.292 e. The average molecular weight is 224 g/mol. The zero-order chi connectivity index (χ0) is 12.0. The fourth-order valence-corrected chi connectivity index (χ4v) is 1.64. The van der Waals surface area contributed by atoms with E-state index in [4.69, 9.17) is 4.74 Å². The highest BCUT2D eigenvalue weighted by Gasteiger charge is 2.04. The van der Waals surface area contributed by atoms with Crippen LogP contribution in [0.1, 0.15) is 13.8 Å². The van der Waals surface area contributed by atoms with Gasteiger partial charge in [0.05, 0.1) is 7.11 Å². The molecule has 0 spiro atoms. The van der Waals surface area contributed by atoms with Crippen LogP contribution in [0.25, 0.3) is 0 Å². The van der Waals surface area contributed by atoms with E-state index in [0.29, 0.717) is 12.3 Å². The topological polar surface area (TPSA) is 34.5 Å². The van der Waals surface area contributed by atoms with E-state index in [1.807, 2.05) is 6.07 Å². The van der Waals surface area contributed by atoms with Crippen LogP contribution in [0.3, 0.4) is 0 Å². The predicted octanol–water partition coefficient (Wildman–Crippen LogP) is 1.20. The Bertz CT molecular complexity index is 370. The van der Waals surface area contributed by atoms with Crippen LogP contribution in [0.4, 0.5) is 0 Å². The van der Waals surface area contributed by atoms with E-state index >= 15 is 0 Å². The summed E-state index contributed by atoms with van der Waals surface area (Å²) in [5, 5.41) is 0. The van der Waals surface area contributed by atoms with Crippen molar-refractivity contribution in [3.8, 4) is 5.75 Å². The normalized spacial score (nSPS) is 10.8. The molecule has 0 amide bonds. The highest BCUT2D eigenvalue weighted by atomic mass is 16.5. The maximum atomic E-state index is 11.8. The summed E-state index contributed by atoms with van der Waals surface area (Å²) in [6.07, 6.45) is 1.80. The van der Waals surface area contributed by atoms with Crippen molar-refractivity contribution >= 4 is 0 Å². The minimum absolute atomic E-state index is 0.0582. The van der Waals surface area contributed by atoms with Gasteiger partial charge in [-0.05, 0) is 25.2 Å². The monoisotopic (exact) mass is 224 g/mol. The number of nitrogens with zero attached hydrogens (tertiary/aromatic N) is 2. The van der Waals surface area contributed by atoms with Gasteiger partial charge in [-0.25, -0.2) is 0 Å². The van der Waals surface area contributed by atoms with Gasteiger partial charge in [0.15, 0.2) is 5.75 Å². The standard InChI is InChI=1S/C12H20N2O2/c1-4-13(5-2)9-10-14-8-6-7-11(16-3)12(14)15/h6-8H,4-5,9-10H2,1-3H3. The number of hydrogen-bond donors (Lipinski definition) is 0. The molecular weight excluding hydrogens is 204 g/mol. The summed E-state index contributed by atoms with van der Waals surface area (Å²) >= 11 is 0. The van der Waals surface area contributed by atoms with E-state index in [1.165, 1.54) is 7.11 Å². The van der Waals surface area contributed by atoms with Crippen LogP contribution in [0, 0.1) is 0 Å². The van der Waals surface area contributed by atoms with Gasteiger partial charge in [-0.3, -0.25) is 4.79 Å². The SMILES string of the molecule is CCN(CC)CCn1cccc(OC)c1=O. The van der Waals surface area contributed by atoms with Gasteiger partial charge in [0.1, 0.15) is 0 Å². The molecule has 0 aromatic carbocycles. The molecule has 0 aliphatic heterocycles. The second-order valence-corrected chi connectivity index (χ2v) is 3.60. The first kappa shape index (κ1) is 12.8. The molecule has 0 aliphatic carbocycles. The summed E-state index contributed by atoms with van der Waals surface area (Å²) in [5.74, 6) is 0.405. The molecule has 0 fully saturated rings. The third kappa shape index (κ3) is 3.10. The molecule has 0 unspecified atom stereocenters. The molecule has 16 heavy (non-hydrogen) atoms. The first-order valence-electron chi connectivity index (χ1n) is 5.68. The molecule has 0 N–H and O–H groups in total. The van der Waals surface area contributed by atoms with Crippen molar-refractivity contribution in [2.45, 2.75) is 20.4 Å². The number of ether oxygens (including phenoxy) is 1. The van der Waals surface area contributed by atoms with E-state index < -0.39 is 0 Å². The maximum absolute atomic E-state index is 11.8. The molecule has 0 saturated carbocycles. The largest absolute Gasteiger partial charge is 0.491 e. The lowest BCUT2D eigenvalue weighted by molar-refractivity contribution is 0.287. The van der Waals surface area contributed by atoms with Gasteiger partial charge < -0.3 is 14.2 Å². The van der Waals surface area contributed by atoms with Crippen molar-refractivity contribution < 1.29 is 4.74 Å². The van der Waals surface area contributed by atoms with Gasteiger partial charge in [-0.15, -0.1) is 0 Å². The highest BCUT2D eigenvalue weighted by molar-refractivity contribution is 5.16. The van der Waals surface area contributed by atoms with E-state index in [0.717, 1.165) is 19.6 Å². The molecule has 0 aliphatic rings. The number of likely N-dealkylation sites (N-methyl/N-ethyl adjacent to an activating group) is 1. The first-order chi connectivity index (χ1) is 7.72. The molecular formula is C12H20N2O2. The summed E-state index contributed by atoms with van der Waals surface area (Å²) in [4.78, 5) is 14.1. The summed E-state index contributed by atoms with van der Waals surface area (Å²) in [6.45, 7) is 7.86. The van der Waals surface area contributed by atoms with Crippen LogP contribution >= 0.6 is 0 Å².